The summed E-state index contributed by atoms with van der Waals surface area (Å²) in [4.78, 5) is 45.9. The second kappa shape index (κ2) is 9.50. The van der Waals surface area contributed by atoms with Gasteiger partial charge in [0.25, 0.3) is 17.6 Å². The predicted octanol–water partition coefficient (Wildman–Crippen LogP) is 2.35. The van der Waals surface area contributed by atoms with E-state index in [1.54, 1.807) is 43.3 Å². The van der Waals surface area contributed by atoms with Crippen LogP contribution in [0.15, 0.2) is 48.8 Å². The number of carbonyl (C=O) groups excluding carboxylic acids is 2. The number of amides is 2. The molecule has 0 spiro atoms. The summed E-state index contributed by atoms with van der Waals surface area (Å²) in [6.07, 6.45) is 2.50. The molecule has 0 radical (unpaired) electrons. The van der Waals surface area contributed by atoms with Crippen LogP contribution in [0, 0.1) is 18.3 Å². The zero-order valence-electron chi connectivity index (χ0n) is 19.7. The Kier molecular flexibility index (Phi) is 6.07. The van der Waals surface area contributed by atoms with Gasteiger partial charge in [0.05, 0.1) is 23.2 Å². The van der Waals surface area contributed by atoms with Crippen molar-refractivity contribution in [1.82, 2.24) is 30.2 Å². The minimum absolute atomic E-state index is 0.00384. The van der Waals surface area contributed by atoms with Gasteiger partial charge in [0, 0.05) is 12.6 Å². The van der Waals surface area contributed by atoms with Gasteiger partial charge in [0.15, 0.2) is 0 Å². The first-order chi connectivity index (χ1) is 17.9. The molecule has 184 valence electrons. The maximum atomic E-state index is 13.3. The van der Waals surface area contributed by atoms with E-state index in [0.717, 1.165) is 16.7 Å². The lowest BCUT2D eigenvalue weighted by molar-refractivity contribution is 0.0695. The lowest BCUT2D eigenvalue weighted by atomic mass is 9.98. The summed E-state index contributed by atoms with van der Waals surface area (Å²) >= 11 is 0. The molecule has 0 bridgehead atoms. The smallest absolute Gasteiger partial charge is 0.335 e. The first-order valence-corrected chi connectivity index (χ1v) is 11.5. The SMILES string of the molecule is Cc1c(C(=O)O)ccc2c1CC[C@@H]2NC(=O)c1cc(C(=O)NCc2cccc(C#N)c2)nc2ncnn12. The van der Waals surface area contributed by atoms with Crippen molar-refractivity contribution in [3.05, 3.63) is 93.6 Å². The summed E-state index contributed by atoms with van der Waals surface area (Å²) in [5.74, 6) is -1.86. The maximum absolute atomic E-state index is 13.3. The van der Waals surface area contributed by atoms with Crippen molar-refractivity contribution < 1.29 is 19.5 Å². The number of nitrogens with one attached hydrogen (secondary N) is 2. The van der Waals surface area contributed by atoms with Gasteiger partial charge < -0.3 is 15.7 Å². The van der Waals surface area contributed by atoms with Crippen LogP contribution in [0.5, 0.6) is 0 Å². The predicted molar refractivity (Wildman–Crippen MR) is 130 cm³/mol. The van der Waals surface area contributed by atoms with Crippen LogP contribution >= 0.6 is 0 Å². The minimum Gasteiger partial charge on any atom is -0.478 e. The molecule has 3 N–H and O–H groups in total. The molecule has 2 aromatic heterocycles. The zero-order valence-corrected chi connectivity index (χ0v) is 19.7. The highest BCUT2D eigenvalue weighted by Gasteiger charge is 2.29. The summed E-state index contributed by atoms with van der Waals surface area (Å²) in [7, 11) is 0. The second-order valence-corrected chi connectivity index (χ2v) is 8.67. The van der Waals surface area contributed by atoms with Crippen LogP contribution in [0.4, 0.5) is 0 Å². The second-order valence-electron chi connectivity index (χ2n) is 8.67. The number of carboxylic acids is 1. The molecule has 11 heteroatoms. The first kappa shape index (κ1) is 23.6. The molecule has 2 heterocycles. The maximum Gasteiger partial charge on any atom is 0.335 e. The van der Waals surface area contributed by atoms with Crippen molar-refractivity contribution in [2.24, 2.45) is 0 Å². The number of aromatic nitrogens is 4. The number of hydrogen-bond donors (Lipinski definition) is 3. The third-order valence-electron chi connectivity index (χ3n) is 6.46. The molecular formula is C26H21N7O4. The van der Waals surface area contributed by atoms with Crippen LogP contribution in [0.25, 0.3) is 5.78 Å². The molecular weight excluding hydrogens is 474 g/mol. The van der Waals surface area contributed by atoms with Crippen molar-refractivity contribution >= 4 is 23.6 Å². The molecule has 0 unspecified atom stereocenters. The fraction of sp³-hybridized carbons (Fsp3) is 0.192. The van der Waals surface area contributed by atoms with Crippen molar-refractivity contribution in [2.75, 3.05) is 0 Å². The number of fused-ring (bicyclic) bond motifs is 2. The molecule has 11 nitrogen and oxygen atoms in total. The van der Waals surface area contributed by atoms with Crippen molar-refractivity contribution in [3.63, 3.8) is 0 Å². The van der Waals surface area contributed by atoms with E-state index in [0.29, 0.717) is 24.0 Å². The van der Waals surface area contributed by atoms with Crippen molar-refractivity contribution in [1.29, 1.82) is 5.26 Å². The number of benzene rings is 2. The van der Waals surface area contributed by atoms with Gasteiger partial charge in [-0.1, -0.05) is 18.2 Å². The normalized spacial score (nSPS) is 14.1. The number of aromatic carboxylic acids is 1. The van der Waals surface area contributed by atoms with E-state index in [1.165, 1.54) is 16.9 Å². The molecule has 0 saturated carbocycles. The number of rotatable bonds is 6. The van der Waals surface area contributed by atoms with Gasteiger partial charge in [-0.15, -0.1) is 0 Å². The molecule has 0 aliphatic heterocycles. The van der Waals surface area contributed by atoms with E-state index in [4.69, 9.17) is 5.26 Å². The number of hydrogen-bond acceptors (Lipinski definition) is 7. The third kappa shape index (κ3) is 4.48. The van der Waals surface area contributed by atoms with E-state index in [-0.39, 0.29) is 35.3 Å². The molecule has 37 heavy (non-hydrogen) atoms. The van der Waals surface area contributed by atoms with Crippen LogP contribution in [0.3, 0.4) is 0 Å². The molecule has 0 saturated heterocycles. The standard InChI is InChI=1S/C26H21N7O4/c1-14-17-7-8-20(19(17)6-5-18(14)25(36)37)31-24(35)22-10-21(32-26-29-13-30-33(22)26)23(34)28-12-16-4-2-3-15(9-16)11-27/h2-6,9-10,13,20H,7-8,12H2,1H3,(H,28,34)(H,31,35)(H,36,37)/t20-/m0/s1. The fourth-order valence-corrected chi connectivity index (χ4v) is 4.61. The van der Waals surface area contributed by atoms with Crippen LogP contribution in [0.1, 0.15) is 71.6 Å². The van der Waals surface area contributed by atoms with Gasteiger partial charge in [-0.25, -0.2) is 9.78 Å². The highest BCUT2D eigenvalue weighted by Crippen LogP contribution is 2.34. The van der Waals surface area contributed by atoms with Crippen LogP contribution in [0.2, 0.25) is 0 Å². The molecule has 2 aromatic carbocycles. The van der Waals surface area contributed by atoms with E-state index >= 15 is 0 Å². The monoisotopic (exact) mass is 495 g/mol. The highest BCUT2D eigenvalue weighted by molar-refractivity contribution is 5.98. The highest BCUT2D eigenvalue weighted by atomic mass is 16.4. The molecule has 1 atom stereocenters. The largest absolute Gasteiger partial charge is 0.478 e. The first-order valence-electron chi connectivity index (χ1n) is 11.5. The average molecular weight is 495 g/mol. The van der Waals surface area contributed by atoms with Gasteiger partial charge in [0.2, 0.25) is 0 Å². The summed E-state index contributed by atoms with van der Waals surface area (Å²) in [6.45, 7) is 1.95. The van der Waals surface area contributed by atoms with Gasteiger partial charge in [-0.05, 0) is 60.2 Å². The Labute approximate surface area is 210 Å². The van der Waals surface area contributed by atoms with E-state index in [2.05, 4.69) is 31.8 Å². The number of carboxylic acid groups (broad SMARTS) is 1. The topological polar surface area (TPSA) is 162 Å². The lowest BCUT2D eigenvalue weighted by Crippen LogP contribution is -2.30. The van der Waals surface area contributed by atoms with Gasteiger partial charge >= 0.3 is 5.97 Å². The third-order valence-corrected chi connectivity index (χ3v) is 6.46. The summed E-state index contributed by atoms with van der Waals surface area (Å²) in [5, 5.41) is 28.3. The van der Waals surface area contributed by atoms with Crippen molar-refractivity contribution in [2.45, 2.75) is 32.4 Å². The van der Waals surface area contributed by atoms with Crippen molar-refractivity contribution in [3.8, 4) is 6.07 Å². The van der Waals surface area contributed by atoms with Crippen LogP contribution in [-0.2, 0) is 13.0 Å². The number of nitriles is 1. The van der Waals surface area contributed by atoms with E-state index in [1.807, 2.05) is 0 Å². The number of carbonyl (C=O) groups is 3. The van der Waals surface area contributed by atoms with Gasteiger partial charge in [-0.2, -0.15) is 19.9 Å². The summed E-state index contributed by atoms with van der Waals surface area (Å²) in [5.41, 5.74) is 4.06. The summed E-state index contributed by atoms with van der Waals surface area (Å²) < 4.78 is 1.26. The Hall–Kier alpha value is -5.11. The molecule has 1 aliphatic rings. The van der Waals surface area contributed by atoms with Crippen LogP contribution in [-0.4, -0.2) is 42.5 Å². The quantitative estimate of drug-likeness (QED) is 0.367. The summed E-state index contributed by atoms with van der Waals surface area (Å²) in [6, 6.07) is 13.2. The molecule has 1 aliphatic carbocycles. The Morgan fingerprint density at radius 3 is 2.81 bits per heavy atom. The van der Waals surface area contributed by atoms with Gasteiger partial charge in [-0.3, -0.25) is 9.59 Å². The van der Waals surface area contributed by atoms with E-state index < -0.39 is 17.8 Å². The Balaban J connectivity index is 1.38. The minimum atomic E-state index is -0.985. The average Bonchev–Trinajstić information content (AvgIpc) is 3.54. The Bertz CT molecular complexity index is 1620. The fourth-order valence-electron chi connectivity index (χ4n) is 4.61. The number of nitrogens with zero attached hydrogens (tertiary/aromatic N) is 5. The Morgan fingerprint density at radius 2 is 2.03 bits per heavy atom. The molecule has 5 rings (SSSR count). The Morgan fingerprint density at radius 1 is 1.19 bits per heavy atom. The zero-order chi connectivity index (χ0) is 26.1. The van der Waals surface area contributed by atoms with E-state index in [9.17, 15) is 19.5 Å². The molecule has 0 fully saturated rings. The molecule has 2 amide bonds. The van der Waals surface area contributed by atoms with Gasteiger partial charge in [0.1, 0.15) is 17.7 Å². The van der Waals surface area contributed by atoms with Crippen LogP contribution < -0.4 is 10.6 Å². The molecule has 4 aromatic rings. The lowest BCUT2D eigenvalue weighted by Gasteiger charge is -2.16.